The van der Waals surface area contributed by atoms with E-state index in [0.29, 0.717) is 6.54 Å². The standard InChI is InChI=1S/C15H20N4OS/c20-15(17-5-2-7-18-9-6-16-12-18)19-8-1-3-14(19)13-4-10-21-11-13/h4,6,9-12,14H,1-3,5,7-8H2,(H,17,20)/t14-/m1/s1. The Balaban J connectivity index is 1.46. The van der Waals surface area contributed by atoms with Crippen LogP contribution in [0.25, 0.3) is 0 Å². The third kappa shape index (κ3) is 3.44. The maximum absolute atomic E-state index is 12.3. The Kier molecular flexibility index (Phi) is 4.55. The van der Waals surface area contributed by atoms with Gasteiger partial charge in [-0.05, 0) is 41.7 Å². The van der Waals surface area contributed by atoms with Crippen LogP contribution in [0.1, 0.15) is 30.9 Å². The SMILES string of the molecule is O=C(NCCCn1ccnc1)N1CCC[C@@H]1c1ccsc1. The molecule has 1 aliphatic heterocycles. The molecule has 21 heavy (non-hydrogen) atoms. The third-order valence-corrected chi connectivity index (χ3v) is 4.57. The number of hydrogen-bond acceptors (Lipinski definition) is 3. The normalized spacial score (nSPS) is 18.1. The minimum absolute atomic E-state index is 0.0642. The maximum Gasteiger partial charge on any atom is 0.317 e. The van der Waals surface area contributed by atoms with Crippen molar-refractivity contribution in [2.75, 3.05) is 13.1 Å². The van der Waals surface area contributed by atoms with Crippen LogP contribution >= 0.6 is 11.3 Å². The van der Waals surface area contributed by atoms with Crippen molar-refractivity contribution < 1.29 is 4.79 Å². The predicted octanol–water partition coefficient (Wildman–Crippen LogP) is 2.88. The van der Waals surface area contributed by atoms with Crippen molar-refractivity contribution in [3.05, 3.63) is 41.1 Å². The molecular weight excluding hydrogens is 284 g/mol. The number of nitrogens with one attached hydrogen (secondary N) is 1. The number of carbonyl (C=O) groups excluding carboxylic acids is 1. The zero-order chi connectivity index (χ0) is 14.5. The summed E-state index contributed by atoms with van der Waals surface area (Å²) in [4.78, 5) is 18.3. The van der Waals surface area contributed by atoms with Gasteiger partial charge in [0.05, 0.1) is 12.4 Å². The topological polar surface area (TPSA) is 50.2 Å². The van der Waals surface area contributed by atoms with E-state index >= 15 is 0 Å². The Morgan fingerprint density at radius 2 is 2.48 bits per heavy atom. The summed E-state index contributed by atoms with van der Waals surface area (Å²) in [5.74, 6) is 0. The summed E-state index contributed by atoms with van der Waals surface area (Å²) in [6, 6.07) is 2.44. The van der Waals surface area contributed by atoms with E-state index in [0.717, 1.165) is 32.4 Å². The summed E-state index contributed by atoms with van der Waals surface area (Å²) in [5, 5.41) is 7.26. The van der Waals surface area contributed by atoms with E-state index in [-0.39, 0.29) is 12.1 Å². The molecule has 3 heterocycles. The van der Waals surface area contributed by atoms with Gasteiger partial charge in [0.2, 0.25) is 0 Å². The highest BCUT2D eigenvalue weighted by atomic mass is 32.1. The molecular formula is C15H20N4OS. The van der Waals surface area contributed by atoms with Gasteiger partial charge in [0.1, 0.15) is 0 Å². The van der Waals surface area contributed by atoms with E-state index in [4.69, 9.17) is 0 Å². The second kappa shape index (κ2) is 6.76. The van der Waals surface area contributed by atoms with Crippen LogP contribution in [0, 0.1) is 0 Å². The van der Waals surface area contributed by atoms with Crippen LogP contribution in [0.2, 0.25) is 0 Å². The van der Waals surface area contributed by atoms with Gasteiger partial charge in [0.15, 0.2) is 0 Å². The molecule has 0 aromatic carbocycles. The van der Waals surface area contributed by atoms with Gasteiger partial charge in [0.25, 0.3) is 0 Å². The van der Waals surface area contributed by atoms with Crippen LogP contribution in [0.15, 0.2) is 35.5 Å². The highest BCUT2D eigenvalue weighted by molar-refractivity contribution is 7.07. The average molecular weight is 304 g/mol. The van der Waals surface area contributed by atoms with Crippen molar-refractivity contribution in [3.8, 4) is 0 Å². The van der Waals surface area contributed by atoms with Gasteiger partial charge in [-0.25, -0.2) is 9.78 Å². The van der Waals surface area contributed by atoms with Crippen molar-refractivity contribution >= 4 is 17.4 Å². The Morgan fingerprint density at radius 3 is 3.24 bits per heavy atom. The number of hydrogen-bond donors (Lipinski definition) is 1. The number of carbonyl (C=O) groups is 1. The molecule has 5 nitrogen and oxygen atoms in total. The molecule has 1 fully saturated rings. The fraction of sp³-hybridized carbons (Fsp3) is 0.467. The molecule has 112 valence electrons. The Morgan fingerprint density at radius 1 is 1.52 bits per heavy atom. The molecule has 2 aromatic heterocycles. The minimum atomic E-state index is 0.0642. The number of likely N-dealkylation sites (tertiary alicyclic amines) is 1. The second-order valence-corrected chi connectivity index (χ2v) is 6.07. The summed E-state index contributed by atoms with van der Waals surface area (Å²) >= 11 is 1.69. The molecule has 1 atom stereocenters. The molecule has 0 aliphatic carbocycles. The van der Waals surface area contributed by atoms with Crippen molar-refractivity contribution in [1.82, 2.24) is 19.8 Å². The quantitative estimate of drug-likeness (QED) is 0.864. The lowest BCUT2D eigenvalue weighted by Crippen LogP contribution is -2.39. The van der Waals surface area contributed by atoms with E-state index in [2.05, 4.69) is 27.1 Å². The molecule has 0 bridgehead atoms. The Hall–Kier alpha value is -1.82. The van der Waals surface area contributed by atoms with Gasteiger partial charge in [0, 0.05) is 32.0 Å². The van der Waals surface area contributed by atoms with E-state index < -0.39 is 0 Å². The number of aromatic nitrogens is 2. The number of thiophene rings is 1. The molecule has 2 aromatic rings. The summed E-state index contributed by atoms with van der Waals surface area (Å²) in [7, 11) is 0. The third-order valence-electron chi connectivity index (χ3n) is 3.87. The van der Waals surface area contributed by atoms with Gasteiger partial charge in [-0.3, -0.25) is 0 Å². The second-order valence-electron chi connectivity index (χ2n) is 5.29. The number of nitrogens with zero attached hydrogens (tertiary/aromatic N) is 3. The van der Waals surface area contributed by atoms with E-state index in [1.54, 1.807) is 23.9 Å². The number of rotatable bonds is 5. The number of amides is 2. The molecule has 2 amide bonds. The molecule has 1 saturated heterocycles. The Bertz CT molecular complexity index is 552. The average Bonchev–Trinajstić information content (AvgIpc) is 3.24. The lowest BCUT2D eigenvalue weighted by Gasteiger charge is -2.24. The van der Waals surface area contributed by atoms with Crippen molar-refractivity contribution in [2.45, 2.75) is 31.8 Å². The zero-order valence-corrected chi connectivity index (χ0v) is 12.8. The first-order valence-corrected chi connectivity index (χ1v) is 8.31. The summed E-state index contributed by atoms with van der Waals surface area (Å²) in [5.41, 5.74) is 1.27. The van der Waals surface area contributed by atoms with Gasteiger partial charge in [-0.15, -0.1) is 0 Å². The van der Waals surface area contributed by atoms with Gasteiger partial charge >= 0.3 is 6.03 Å². The fourth-order valence-corrected chi connectivity index (χ4v) is 3.51. The number of urea groups is 1. The lowest BCUT2D eigenvalue weighted by atomic mass is 10.1. The lowest BCUT2D eigenvalue weighted by molar-refractivity contribution is 0.193. The molecule has 1 aliphatic rings. The van der Waals surface area contributed by atoms with Crippen molar-refractivity contribution in [2.24, 2.45) is 0 Å². The van der Waals surface area contributed by atoms with Gasteiger partial charge < -0.3 is 14.8 Å². The molecule has 0 unspecified atom stereocenters. The summed E-state index contributed by atoms with van der Waals surface area (Å²) in [6.07, 6.45) is 8.58. The summed E-state index contributed by atoms with van der Waals surface area (Å²) < 4.78 is 2.02. The highest BCUT2D eigenvalue weighted by Gasteiger charge is 2.29. The van der Waals surface area contributed by atoms with Crippen LogP contribution in [-0.2, 0) is 6.54 Å². The first-order chi connectivity index (χ1) is 10.3. The largest absolute Gasteiger partial charge is 0.338 e. The first kappa shape index (κ1) is 14.1. The molecule has 3 rings (SSSR count). The van der Waals surface area contributed by atoms with Gasteiger partial charge in [-0.1, -0.05) is 0 Å². The molecule has 0 saturated carbocycles. The van der Waals surface area contributed by atoms with E-state index in [9.17, 15) is 4.79 Å². The molecule has 1 N–H and O–H groups in total. The van der Waals surface area contributed by atoms with Crippen LogP contribution < -0.4 is 5.32 Å². The molecule has 6 heteroatoms. The predicted molar refractivity (Wildman–Crippen MR) is 83.2 cm³/mol. The minimum Gasteiger partial charge on any atom is -0.338 e. The summed E-state index contributed by atoms with van der Waals surface area (Å²) in [6.45, 7) is 2.44. The van der Waals surface area contributed by atoms with E-state index in [1.807, 2.05) is 15.7 Å². The van der Waals surface area contributed by atoms with Crippen molar-refractivity contribution in [3.63, 3.8) is 0 Å². The Labute approximate surface area is 128 Å². The fourth-order valence-electron chi connectivity index (χ4n) is 2.80. The highest BCUT2D eigenvalue weighted by Crippen LogP contribution is 2.32. The maximum atomic E-state index is 12.3. The molecule has 0 spiro atoms. The van der Waals surface area contributed by atoms with Crippen LogP contribution in [0.5, 0.6) is 0 Å². The number of imidazole rings is 1. The van der Waals surface area contributed by atoms with Crippen molar-refractivity contribution in [1.29, 1.82) is 0 Å². The number of aryl methyl sites for hydroxylation is 1. The van der Waals surface area contributed by atoms with Crippen LogP contribution in [-0.4, -0.2) is 33.6 Å². The zero-order valence-electron chi connectivity index (χ0n) is 11.9. The van der Waals surface area contributed by atoms with E-state index in [1.165, 1.54) is 5.56 Å². The van der Waals surface area contributed by atoms with Gasteiger partial charge in [-0.2, -0.15) is 11.3 Å². The first-order valence-electron chi connectivity index (χ1n) is 7.37. The van der Waals surface area contributed by atoms with Crippen LogP contribution in [0.4, 0.5) is 4.79 Å². The molecule has 0 radical (unpaired) electrons. The smallest absolute Gasteiger partial charge is 0.317 e. The monoisotopic (exact) mass is 304 g/mol. The van der Waals surface area contributed by atoms with Crippen LogP contribution in [0.3, 0.4) is 0 Å².